The van der Waals surface area contributed by atoms with Crippen LogP contribution in [0.3, 0.4) is 0 Å². The second-order valence-corrected chi connectivity index (χ2v) is 6.63. The van der Waals surface area contributed by atoms with Gasteiger partial charge in [0.15, 0.2) is 0 Å². The van der Waals surface area contributed by atoms with Crippen LogP contribution in [0.2, 0.25) is 0 Å². The molecule has 142 valence electrons. The molecule has 0 bridgehead atoms. The molecular formula is C21H25N3O3. The normalized spacial score (nSPS) is 14.2. The second-order valence-electron chi connectivity index (χ2n) is 6.63. The van der Waals surface area contributed by atoms with Gasteiger partial charge in [-0.25, -0.2) is 4.79 Å². The molecule has 0 aliphatic carbocycles. The molecule has 3 rings (SSSR count). The molecule has 1 heterocycles. The molecule has 0 saturated carbocycles. The first-order chi connectivity index (χ1) is 13.1. The van der Waals surface area contributed by atoms with Gasteiger partial charge in [-0.3, -0.25) is 4.79 Å². The topological polar surface area (TPSA) is 72.9 Å². The van der Waals surface area contributed by atoms with Crippen molar-refractivity contribution in [1.29, 1.82) is 0 Å². The summed E-state index contributed by atoms with van der Waals surface area (Å²) in [4.78, 5) is 27.5. The van der Waals surface area contributed by atoms with E-state index >= 15 is 0 Å². The molecule has 0 atom stereocenters. The number of nitrogens with one attached hydrogen (secondary N) is 1. The summed E-state index contributed by atoms with van der Waals surface area (Å²) in [6, 6.07) is 17.1. The minimum atomic E-state index is -0.924. The molecule has 0 spiro atoms. The van der Waals surface area contributed by atoms with Crippen molar-refractivity contribution in [2.45, 2.75) is 13.0 Å². The zero-order chi connectivity index (χ0) is 19.1. The first kappa shape index (κ1) is 18.9. The van der Waals surface area contributed by atoms with Gasteiger partial charge in [0.05, 0.1) is 5.56 Å². The third kappa shape index (κ3) is 5.31. The van der Waals surface area contributed by atoms with Crippen LogP contribution in [0.5, 0.6) is 0 Å². The van der Waals surface area contributed by atoms with Gasteiger partial charge in [-0.05, 0) is 29.8 Å². The molecule has 0 aromatic heterocycles. The molecule has 1 aliphatic rings. The van der Waals surface area contributed by atoms with Gasteiger partial charge in [0, 0.05) is 51.4 Å². The molecule has 2 aromatic rings. The maximum atomic E-state index is 12.4. The predicted octanol–water partition coefficient (Wildman–Crippen LogP) is 2.21. The van der Waals surface area contributed by atoms with Gasteiger partial charge in [-0.1, -0.05) is 30.3 Å². The highest BCUT2D eigenvalue weighted by Gasteiger charge is 2.20. The monoisotopic (exact) mass is 367 g/mol. The number of carboxylic acid groups (broad SMARTS) is 1. The number of amides is 1. The van der Waals surface area contributed by atoms with E-state index in [4.69, 9.17) is 5.11 Å². The summed E-state index contributed by atoms with van der Waals surface area (Å²) >= 11 is 0. The van der Waals surface area contributed by atoms with Gasteiger partial charge in [-0.15, -0.1) is 0 Å². The van der Waals surface area contributed by atoms with Crippen LogP contribution in [0, 0.1) is 0 Å². The van der Waals surface area contributed by atoms with Crippen LogP contribution in [0.25, 0.3) is 0 Å². The SMILES string of the molecule is O=C(O)c1ccc(CNCCC(=O)N2CCN(c3ccccc3)CC2)cc1. The van der Waals surface area contributed by atoms with Crippen molar-refractivity contribution in [1.82, 2.24) is 10.2 Å². The number of aromatic carboxylic acids is 1. The lowest BCUT2D eigenvalue weighted by molar-refractivity contribution is -0.131. The fraction of sp³-hybridized carbons (Fsp3) is 0.333. The van der Waals surface area contributed by atoms with E-state index in [2.05, 4.69) is 22.3 Å². The number of nitrogens with zero attached hydrogens (tertiary/aromatic N) is 2. The van der Waals surface area contributed by atoms with Crippen molar-refractivity contribution < 1.29 is 14.7 Å². The average molecular weight is 367 g/mol. The number of carbonyl (C=O) groups is 2. The molecular weight excluding hydrogens is 342 g/mol. The lowest BCUT2D eigenvalue weighted by Gasteiger charge is -2.36. The second kappa shape index (κ2) is 9.19. The average Bonchev–Trinajstić information content (AvgIpc) is 2.72. The van der Waals surface area contributed by atoms with Crippen molar-refractivity contribution in [3.05, 3.63) is 65.7 Å². The summed E-state index contributed by atoms with van der Waals surface area (Å²) < 4.78 is 0. The molecule has 2 N–H and O–H groups in total. The minimum Gasteiger partial charge on any atom is -0.478 e. The summed E-state index contributed by atoms with van der Waals surface area (Å²) in [6.45, 7) is 4.46. The minimum absolute atomic E-state index is 0.177. The highest BCUT2D eigenvalue weighted by molar-refractivity contribution is 5.87. The Morgan fingerprint density at radius 2 is 1.59 bits per heavy atom. The molecule has 27 heavy (non-hydrogen) atoms. The molecule has 1 aliphatic heterocycles. The van der Waals surface area contributed by atoms with Gasteiger partial charge in [0.1, 0.15) is 0 Å². The predicted molar refractivity (Wildman–Crippen MR) is 105 cm³/mol. The summed E-state index contributed by atoms with van der Waals surface area (Å²) in [5.41, 5.74) is 2.49. The fourth-order valence-corrected chi connectivity index (χ4v) is 3.20. The van der Waals surface area contributed by atoms with Crippen LogP contribution >= 0.6 is 0 Å². The smallest absolute Gasteiger partial charge is 0.335 e. The molecule has 1 saturated heterocycles. The van der Waals surface area contributed by atoms with Gasteiger partial charge >= 0.3 is 5.97 Å². The van der Waals surface area contributed by atoms with Crippen molar-refractivity contribution >= 4 is 17.6 Å². The highest BCUT2D eigenvalue weighted by Crippen LogP contribution is 2.15. The molecule has 0 radical (unpaired) electrons. The molecule has 1 fully saturated rings. The zero-order valence-electron chi connectivity index (χ0n) is 15.3. The van der Waals surface area contributed by atoms with E-state index in [0.717, 1.165) is 31.7 Å². The van der Waals surface area contributed by atoms with Crippen LogP contribution < -0.4 is 10.2 Å². The number of hydrogen-bond donors (Lipinski definition) is 2. The number of piperazine rings is 1. The standard InChI is InChI=1S/C21H25N3O3/c25-20(10-11-22-16-17-6-8-18(9-7-17)21(26)27)24-14-12-23(13-15-24)19-4-2-1-3-5-19/h1-9,22H,10-16H2,(H,26,27). The Bertz CT molecular complexity index is 754. The van der Waals surface area contributed by atoms with E-state index in [0.29, 0.717) is 19.5 Å². The Balaban J connectivity index is 1.36. The molecule has 6 heteroatoms. The van der Waals surface area contributed by atoms with E-state index in [-0.39, 0.29) is 11.5 Å². The van der Waals surface area contributed by atoms with Crippen molar-refractivity contribution in [2.24, 2.45) is 0 Å². The number of carboxylic acids is 1. The first-order valence-corrected chi connectivity index (χ1v) is 9.24. The Hall–Kier alpha value is -2.86. The third-order valence-electron chi connectivity index (χ3n) is 4.80. The van der Waals surface area contributed by atoms with Crippen molar-refractivity contribution in [3.8, 4) is 0 Å². The van der Waals surface area contributed by atoms with Crippen LogP contribution in [0.15, 0.2) is 54.6 Å². The van der Waals surface area contributed by atoms with Gasteiger partial charge in [0.25, 0.3) is 0 Å². The van der Waals surface area contributed by atoms with Gasteiger partial charge in [-0.2, -0.15) is 0 Å². The highest BCUT2D eigenvalue weighted by atomic mass is 16.4. The van der Waals surface area contributed by atoms with E-state index in [1.54, 1.807) is 24.3 Å². The number of anilines is 1. The fourth-order valence-electron chi connectivity index (χ4n) is 3.20. The molecule has 2 aromatic carbocycles. The first-order valence-electron chi connectivity index (χ1n) is 9.24. The Kier molecular flexibility index (Phi) is 6.44. The lowest BCUT2D eigenvalue weighted by atomic mass is 10.1. The van der Waals surface area contributed by atoms with E-state index in [1.807, 2.05) is 23.1 Å². The Labute approximate surface area is 159 Å². The summed E-state index contributed by atoms with van der Waals surface area (Å²) in [5.74, 6) is -0.746. The molecule has 6 nitrogen and oxygen atoms in total. The quantitative estimate of drug-likeness (QED) is 0.734. The number of hydrogen-bond acceptors (Lipinski definition) is 4. The van der Waals surface area contributed by atoms with Crippen molar-refractivity contribution in [3.63, 3.8) is 0 Å². The summed E-state index contributed by atoms with van der Waals surface area (Å²) in [7, 11) is 0. The number of benzene rings is 2. The van der Waals surface area contributed by atoms with Crippen LogP contribution in [0.4, 0.5) is 5.69 Å². The van der Waals surface area contributed by atoms with Crippen LogP contribution in [0.1, 0.15) is 22.3 Å². The zero-order valence-corrected chi connectivity index (χ0v) is 15.3. The maximum absolute atomic E-state index is 12.4. The van der Waals surface area contributed by atoms with Crippen LogP contribution in [-0.2, 0) is 11.3 Å². The molecule has 0 unspecified atom stereocenters. The number of para-hydroxylation sites is 1. The lowest BCUT2D eigenvalue weighted by Crippen LogP contribution is -2.49. The van der Waals surface area contributed by atoms with E-state index < -0.39 is 5.97 Å². The van der Waals surface area contributed by atoms with E-state index in [9.17, 15) is 9.59 Å². The number of rotatable bonds is 7. The van der Waals surface area contributed by atoms with Crippen LogP contribution in [-0.4, -0.2) is 54.6 Å². The molecule has 1 amide bonds. The van der Waals surface area contributed by atoms with Gasteiger partial charge < -0.3 is 20.2 Å². The Morgan fingerprint density at radius 3 is 2.22 bits per heavy atom. The third-order valence-corrected chi connectivity index (χ3v) is 4.80. The largest absolute Gasteiger partial charge is 0.478 e. The van der Waals surface area contributed by atoms with Gasteiger partial charge in [0.2, 0.25) is 5.91 Å². The summed E-state index contributed by atoms with van der Waals surface area (Å²) in [5, 5.41) is 12.1. The Morgan fingerprint density at radius 1 is 0.926 bits per heavy atom. The van der Waals surface area contributed by atoms with Crippen molar-refractivity contribution in [2.75, 3.05) is 37.6 Å². The maximum Gasteiger partial charge on any atom is 0.335 e. The van der Waals surface area contributed by atoms with E-state index in [1.165, 1.54) is 5.69 Å². The number of carbonyl (C=O) groups excluding carboxylic acids is 1. The summed E-state index contributed by atoms with van der Waals surface area (Å²) in [6.07, 6.45) is 0.471.